The molecule has 0 saturated carbocycles. The fourth-order valence-electron chi connectivity index (χ4n) is 1.66. The van der Waals surface area contributed by atoms with Crippen LogP contribution < -0.4 is 5.73 Å². The first-order chi connectivity index (χ1) is 7.61. The van der Waals surface area contributed by atoms with E-state index in [0.29, 0.717) is 24.3 Å². The summed E-state index contributed by atoms with van der Waals surface area (Å²) in [6.45, 7) is 4.60. The van der Waals surface area contributed by atoms with Crippen molar-refractivity contribution in [3.05, 3.63) is 29.3 Å². The van der Waals surface area contributed by atoms with Crippen LogP contribution in [0.5, 0.6) is 0 Å². The number of nitrogens with two attached hydrogens (primary N) is 1. The predicted molar refractivity (Wildman–Crippen MR) is 64.3 cm³/mol. The van der Waals surface area contributed by atoms with E-state index in [9.17, 15) is 4.79 Å². The lowest BCUT2D eigenvalue weighted by molar-refractivity contribution is 0.0732. The van der Waals surface area contributed by atoms with Gasteiger partial charge in [-0.15, -0.1) is 0 Å². The molecule has 0 heterocycles. The smallest absolute Gasteiger partial charge is 0.256 e. The van der Waals surface area contributed by atoms with Crippen LogP contribution in [0.25, 0.3) is 0 Å². The van der Waals surface area contributed by atoms with Gasteiger partial charge < -0.3 is 15.7 Å². The summed E-state index contributed by atoms with van der Waals surface area (Å²) in [5.41, 5.74) is 7.69. The molecule has 0 aliphatic rings. The van der Waals surface area contributed by atoms with E-state index in [2.05, 4.69) is 0 Å². The maximum Gasteiger partial charge on any atom is 0.256 e. The highest BCUT2D eigenvalue weighted by molar-refractivity contribution is 6.00. The molecule has 0 aliphatic heterocycles. The highest BCUT2D eigenvalue weighted by Crippen LogP contribution is 2.18. The van der Waals surface area contributed by atoms with Crippen molar-refractivity contribution in [2.75, 3.05) is 25.4 Å². The van der Waals surface area contributed by atoms with Crippen LogP contribution in [-0.4, -0.2) is 35.6 Å². The Hall–Kier alpha value is -1.55. The summed E-state index contributed by atoms with van der Waals surface area (Å²) >= 11 is 0. The van der Waals surface area contributed by atoms with Crippen molar-refractivity contribution in [2.45, 2.75) is 13.8 Å². The first-order valence-corrected chi connectivity index (χ1v) is 5.37. The molecule has 3 N–H and O–H groups in total. The highest BCUT2D eigenvalue weighted by Gasteiger charge is 2.17. The normalized spacial score (nSPS) is 10.2. The Balaban J connectivity index is 3.03. The molecule has 1 aromatic carbocycles. The average molecular weight is 222 g/mol. The molecule has 0 spiro atoms. The van der Waals surface area contributed by atoms with Crippen molar-refractivity contribution >= 4 is 11.6 Å². The second-order valence-corrected chi connectivity index (χ2v) is 3.65. The molecule has 16 heavy (non-hydrogen) atoms. The van der Waals surface area contributed by atoms with Gasteiger partial charge >= 0.3 is 0 Å². The Bertz CT molecular complexity index is 357. The summed E-state index contributed by atoms with van der Waals surface area (Å²) < 4.78 is 0. The summed E-state index contributed by atoms with van der Waals surface area (Å²) in [6.07, 6.45) is 0. The molecule has 0 aliphatic carbocycles. The minimum absolute atomic E-state index is 0.0363. The zero-order chi connectivity index (χ0) is 12.1. The lowest BCUT2D eigenvalue weighted by atomic mass is 10.1. The van der Waals surface area contributed by atoms with Crippen LogP contribution in [0.3, 0.4) is 0 Å². The van der Waals surface area contributed by atoms with Gasteiger partial charge in [-0.1, -0.05) is 12.1 Å². The highest BCUT2D eigenvalue weighted by atomic mass is 16.3. The minimum atomic E-state index is -0.118. The average Bonchev–Trinajstić information content (AvgIpc) is 2.25. The number of hydrogen-bond donors (Lipinski definition) is 2. The van der Waals surface area contributed by atoms with Crippen molar-refractivity contribution in [3.63, 3.8) is 0 Å². The maximum absolute atomic E-state index is 12.1. The van der Waals surface area contributed by atoms with Crippen LogP contribution >= 0.6 is 0 Å². The second kappa shape index (κ2) is 5.51. The Morgan fingerprint density at radius 3 is 2.69 bits per heavy atom. The van der Waals surface area contributed by atoms with Crippen molar-refractivity contribution in [1.82, 2.24) is 4.90 Å². The Kier molecular flexibility index (Phi) is 4.31. The molecule has 4 nitrogen and oxygen atoms in total. The number of benzene rings is 1. The molecule has 4 heteroatoms. The molecule has 0 radical (unpaired) electrons. The first kappa shape index (κ1) is 12.5. The number of nitrogens with zero attached hydrogens (tertiary/aromatic N) is 1. The van der Waals surface area contributed by atoms with E-state index in [1.54, 1.807) is 11.0 Å². The summed E-state index contributed by atoms with van der Waals surface area (Å²) in [5, 5.41) is 8.88. The van der Waals surface area contributed by atoms with Crippen LogP contribution in [0, 0.1) is 6.92 Å². The van der Waals surface area contributed by atoms with Crippen molar-refractivity contribution < 1.29 is 9.90 Å². The summed E-state index contributed by atoms with van der Waals surface area (Å²) in [6, 6.07) is 5.40. The largest absolute Gasteiger partial charge is 0.398 e. The molecule has 1 amide bonds. The van der Waals surface area contributed by atoms with Gasteiger partial charge in [-0.05, 0) is 25.5 Å². The van der Waals surface area contributed by atoms with Crippen molar-refractivity contribution in [1.29, 1.82) is 0 Å². The first-order valence-electron chi connectivity index (χ1n) is 5.37. The van der Waals surface area contributed by atoms with E-state index in [4.69, 9.17) is 10.8 Å². The summed E-state index contributed by atoms with van der Waals surface area (Å²) in [4.78, 5) is 13.7. The molecule has 0 fully saturated rings. The number of anilines is 1. The molecule has 1 aromatic rings. The number of nitrogen functional groups attached to an aromatic ring is 1. The fourth-order valence-corrected chi connectivity index (χ4v) is 1.66. The molecule has 1 rings (SSSR count). The fraction of sp³-hybridized carbons (Fsp3) is 0.417. The number of carbonyl (C=O) groups is 1. The van der Waals surface area contributed by atoms with Gasteiger partial charge in [0.05, 0.1) is 12.2 Å². The molecular formula is C12H18N2O2. The quantitative estimate of drug-likeness (QED) is 0.748. The molecular weight excluding hydrogens is 204 g/mol. The van der Waals surface area contributed by atoms with Gasteiger partial charge in [0.2, 0.25) is 0 Å². The van der Waals surface area contributed by atoms with E-state index in [1.165, 1.54) is 0 Å². The van der Waals surface area contributed by atoms with Crippen LogP contribution in [0.1, 0.15) is 22.8 Å². The number of aliphatic hydroxyl groups is 1. The van der Waals surface area contributed by atoms with Gasteiger partial charge in [0.1, 0.15) is 0 Å². The number of carbonyl (C=O) groups excluding carboxylic acids is 1. The third-order valence-corrected chi connectivity index (χ3v) is 2.56. The van der Waals surface area contributed by atoms with Gasteiger partial charge in [-0.3, -0.25) is 4.79 Å². The van der Waals surface area contributed by atoms with Crippen molar-refractivity contribution in [2.24, 2.45) is 0 Å². The van der Waals surface area contributed by atoms with Crippen molar-refractivity contribution in [3.8, 4) is 0 Å². The Morgan fingerprint density at radius 2 is 2.19 bits per heavy atom. The van der Waals surface area contributed by atoms with E-state index in [0.717, 1.165) is 5.56 Å². The van der Waals surface area contributed by atoms with E-state index in [-0.39, 0.29) is 12.5 Å². The molecule has 0 bridgehead atoms. The Labute approximate surface area is 95.7 Å². The standard InChI is InChI=1S/C12H18N2O2/c1-3-14(7-8-15)12(16)11-9(2)5-4-6-10(11)13/h4-6,15H,3,7-8,13H2,1-2H3. The summed E-state index contributed by atoms with van der Waals surface area (Å²) in [5.74, 6) is -0.118. The zero-order valence-electron chi connectivity index (χ0n) is 9.73. The number of aliphatic hydroxyl groups excluding tert-OH is 1. The van der Waals surface area contributed by atoms with Gasteiger partial charge in [0.15, 0.2) is 0 Å². The lowest BCUT2D eigenvalue weighted by Gasteiger charge is -2.21. The monoisotopic (exact) mass is 222 g/mol. The lowest BCUT2D eigenvalue weighted by Crippen LogP contribution is -2.34. The van der Waals surface area contributed by atoms with Crippen LogP contribution in [0.15, 0.2) is 18.2 Å². The van der Waals surface area contributed by atoms with Gasteiger partial charge in [-0.2, -0.15) is 0 Å². The molecule has 88 valence electrons. The molecule has 0 aromatic heterocycles. The number of rotatable bonds is 4. The number of hydrogen-bond acceptors (Lipinski definition) is 3. The molecule has 0 unspecified atom stereocenters. The van der Waals surface area contributed by atoms with Crippen LogP contribution in [-0.2, 0) is 0 Å². The van der Waals surface area contributed by atoms with Gasteiger partial charge in [0, 0.05) is 18.8 Å². The maximum atomic E-state index is 12.1. The zero-order valence-corrected chi connectivity index (χ0v) is 9.73. The van der Waals surface area contributed by atoms with E-state index >= 15 is 0 Å². The van der Waals surface area contributed by atoms with Gasteiger partial charge in [-0.25, -0.2) is 0 Å². The number of amides is 1. The third kappa shape index (κ3) is 2.52. The summed E-state index contributed by atoms with van der Waals surface area (Å²) in [7, 11) is 0. The topological polar surface area (TPSA) is 66.6 Å². The van der Waals surface area contributed by atoms with Crippen LogP contribution in [0.2, 0.25) is 0 Å². The SMILES string of the molecule is CCN(CCO)C(=O)c1c(C)cccc1N. The Morgan fingerprint density at radius 1 is 1.50 bits per heavy atom. The number of aryl methyl sites for hydroxylation is 1. The predicted octanol–water partition coefficient (Wildman–Crippen LogP) is 1.03. The third-order valence-electron chi connectivity index (χ3n) is 2.56. The molecule has 0 saturated heterocycles. The van der Waals surface area contributed by atoms with Gasteiger partial charge in [0.25, 0.3) is 5.91 Å². The van der Waals surface area contributed by atoms with E-state index < -0.39 is 0 Å². The van der Waals surface area contributed by atoms with E-state index in [1.807, 2.05) is 26.0 Å². The molecule has 0 atom stereocenters. The number of likely N-dealkylation sites (N-methyl/N-ethyl adjacent to an activating group) is 1. The second-order valence-electron chi connectivity index (χ2n) is 3.65. The minimum Gasteiger partial charge on any atom is -0.398 e. The van der Waals surface area contributed by atoms with Crippen LogP contribution in [0.4, 0.5) is 5.69 Å².